The average Bonchev–Trinajstić information content (AvgIpc) is 2.67. The molecular formula is C12H16N2O2. The predicted octanol–water partition coefficient (Wildman–Crippen LogP) is 2.81. The monoisotopic (exact) mass is 220 g/mol. The zero-order valence-corrected chi connectivity index (χ0v) is 9.69. The third kappa shape index (κ3) is 1.87. The van der Waals surface area contributed by atoms with Crippen molar-refractivity contribution in [3.63, 3.8) is 0 Å². The molecule has 0 unspecified atom stereocenters. The van der Waals surface area contributed by atoms with Gasteiger partial charge >= 0.3 is 0 Å². The summed E-state index contributed by atoms with van der Waals surface area (Å²) >= 11 is 0. The van der Waals surface area contributed by atoms with Crippen molar-refractivity contribution >= 4 is 11.4 Å². The summed E-state index contributed by atoms with van der Waals surface area (Å²) in [6, 6.07) is 3.85. The van der Waals surface area contributed by atoms with Crippen LogP contribution in [0, 0.1) is 24.0 Å². The lowest BCUT2D eigenvalue weighted by Crippen LogP contribution is -2.18. The van der Waals surface area contributed by atoms with Crippen LogP contribution in [0.15, 0.2) is 12.1 Å². The Balaban J connectivity index is 2.40. The first-order valence-corrected chi connectivity index (χ1v) is 5.60. The lowest BCUT2D eigenvalue weighted by Gasteiger charge is -2.18. The molecule has 1 saturated heterocycles. The number of nitrogens with zero attached hydrogens (tertiary/aromatic N) is 2. The minimum Gasteiger partial charge on any atom is -0.372 e. The minimum atomic E-state index is -0.293. The maximum atomic E-state index is 10.9. The second-order valence-corrected chi connectivity index (χ2v) is 4.38. The van der Waals surface area contributed by atoms with E-state index in [1.165, 1.54) is 12.8 Å². The first-order chi connectivity index (χ1) is 7.59. The van der Waals surface area contributed by atoms with E-state index in [-0.39, 0.29) is 10.6 Å². The van der Waals surface area contributed by atoms with Crippen molar-refractivity contribution in [3.05, 3.63) is 33.4 Å². The third-order valence-electron chi connectivity index (χ3n) is 3.13. The zero-order chi connectivity index (χ0) is 11.7. The number of nitro groups is 1. The Kier molecular flexibility index (Phi) is 2.81. The lowest BCUT2D eigenvalue weighted by molar-refractivity contribution is -0.386. The van der Waals surface area contributed by atoms with Gasteiger partial charge in [-0.25, -0.2) is 0 Å². The molecule has 4 heteroatoms. The second kappa shape index (κ2) is 4.12. The first kappa shape index (κ1) is 10.9. The number of rotatable bonds is 2. The average molecular weight is 220 g/mol. The van der Waals surface area contributed by atoms with Crippen LogP contribution in [0.3, 0.4) is 0 Å². The quantitative estimate of drug-likeness (QED) is 0.568. The summed E-state index contributed by atoms with van der Waals surface area (Å²) in [5, 5.41) is 10.9. The van der Waals surface area contributed by atoms with Crippen molar-refractivity contribution in [2.24, 2.45) is 0 Å². The van der Waals surface area contributed by atoms with Gasteiger partial charge in [0.15, 0.2) is 0 Å². The molecule has 1 aliphatic heterocycles. The third-order valence-corrected chi connectivity index (χ3v) is 3.13. The topological polar surface area (TPSA) is 46.4 Å². The Morgan fingerprint density at radius 3 is 2.12 bits per heavy atom. The fraction of sp³-hybridized carbons (Fsp3) is 0.500. The van der Waals surface area contributed by atoms with Gasteiger partial charge in [-0.05, 0) is 38.8 Å². The fourth-order valence-electron chi connectivity index (χ4n) is 2.38. The summed E-state index contributed by atoms with van der Waals surface area (Å²) in [5.41, 5.74) is 2.89. The number of benzene rings is 1. The van der Waals surface area contributed by atoms with Gasteiger partial charge in [0, 0.05) is 29.9 Å². The molecule has 0 aliphatic carbocycles. The van der Waals surface area contributed by atoms with E-state index in [0.717, 1.165) is 29.9 Å². The van der Waals surface area contributed by atoms with Crippen molar-refractivity contribution in [1.82, 2.24) is 0 Å². The van der Waals surface area contributed by atoms with Gasteiger partial charge in [0.2, 0.25) is 0 Å². The highest BCUT2D eigenvalue weighted by Gasteiger charge is 2.19. The maximum absolute atomic E-state index is 10.9. The van der Waals surface area contributed by atoms with Gasteiger partial charge in [-0.1, -0.05) is 0 Å². The summed E-state index contributed by atoms with van der Waals surface area (Å²) in [7, 11) is 0. The van der Waals surface area contributed by atoms with E-state index < -0.39 is 0 Å². The molecule has 1 aliphatic rings. The van der Waals surface area contributed by atoms with Crippen LogP contribution >= 0.6 is 0 Å². The van der Waals surface area contributed by atoms with Gasteiger partial charge in [-0.3, -0.25) is 10.1 Å². The number of aryl methyl sites for hydroxylation is 2. The summed E-state index contributed by atoms with van der Waals surface area (Å²) in [4.78, 5) is 12.9. The van der Waals surface area contributed by atoms with Crippen LogP contribution in [0.1, 0.15) is 24.0 Å². The van der Waals surface area contributed by atoms with Gasteiger partial charge in [-0.15, -0.1) is 0 Å². The highest BCUT2D eigenvalue weighted by atomic mass is 16.6. The number of anilines is 1. The van der Waals surface area contributed by atoms with Crippen molar-refractivity contribution in [2.75, 3.05) is 18.0 Å². The number of nitro benzene ring substituents is 1. The van der Waals surface area contributed by atoms with Crippen molar-refractivity contribution in [1.29, 1.82) is 0 Å². The lowest BCUT2D eigenvalue weighted by atomic mass is 10.1. The molecule has 0 N–H and O–H groups in total. The molecule has 2 rings (SSSR count). The molecule has 1 fully saturated rings. The molecule has 0 atom stereocenters. The standard InChI is InChI=1S/C12H16N2O2/c1-9-7-11(13-5-3-4-6-13)8-10(2)12(9)14(15)16/h7-8H,3-6H2,1-2H3. The molecule has 86 valence electrons. The van der Waals surface area contributed by atoms with E-state index in [4.69, 9.17) is 0 Å². The Morgan fingerprint density at radius 2 is 1.69 bits per heavy atom. The first-order valence-electron chi connectivity index (χ1n) is 5.60. The molecule has 0 spiro atoms. The summed E-state index contributed by atoms with van der Waals surface area (Å²) in [6.45, 7) is 5.75. The van der Waals surface area contributed by atoms with Gasteiger partial charge < -0.3 is 4.90 Å². The second-order valence-electron chi connectivity index (χ2n) is 4.38. The van der Waals surface area contributed by atoms with Crippen molar-refractivity contribution < 1.29 is 4.92 Å². The largest absolute Gasteiger partial charge is 0.372 e. The van der Waals surface area contributed by atoms with E-state index in [1.54, 1.807) is 0 Å². The molecule has 1 aromatic rings. The molecule has 1 heterocycles. The number of hydrogen-bond donors (Lipinski definition) is 0. The molecule has 0 bridgehead atoms. The van der Waals surface area contributed by atoms with Crippen LogP contribution in [0.4, 0.5) is 11.4 Å². The molecule has 1 aromatic carbocycles. The Morgan fingerprint density at radius 1 is 1.19 bits per heavy atom. The Labute approximate surface area is 95.0 Å². The van der Waals surface area contributed by atoms with Gasteiger partial charge in [-0.2, -0.15) is 0 Å². The SMILES string of the molecule is Cc1cc(N2CCCC2)cc(C)c1[N+](=O)[O-]. The Bertz CT molecular complexity index is 400. The number of hydrogen-bond acceptors (Lipinski definition) is 3. The normalized spacial score (nSPS) is 15.5. The summed E-state index contributed by atoms with van der Waals surface area (Å²) < 4.78 is 0. The van der Waals surface area contributed by atoms with E-state index in [2.05, 4.69) is 4.90 Å². The summed E-state index contributed by atoms with van der Waals surface area (Å²) in [5.74, 6) is 0. The highest BCUT2D eigenvalue weighted by molar-refractivity contribution is 5.59. The molecular weight excluding hydrogens is 204 g/mol. The van der Waals surface area contributed by atoms with E-state index in [0.29, 0.717) is 0 Å². The van der Waals surface area contributed by atoms with E-state index in [9.17, 15) is 10.1 Å². The van der Waals surface area contributed by atoms with E-state index >= 15 is 0 Å². The molecule has 0 aromatic heterocycles. The molecule has 16 heavy (non-hydrogen) atoms. The van der Waals surface area contributed by atoms with Gasteiger partial charge in [0.25, 0.3) is 5.69 Å². The zero-order valence-electron chi connectivity index (χ0n) is 9.69. The molecule has 0 radical (unpaired) electrons. The molecule has 0 saturated carbocycles. The highest BCUT2D eigenvalue weighted by Crippen LogP contribution is 2.30. The summed E-state index contributed by atoms with van der Waals surface area (Å²) in [6.07, 6.45) is 2.43. The van der Waals surface area contributed by atoms with Crippen LogP contribution in [0.25, 0.3) is 0 Å². The van der Waals surface area contributed by atoms with Crippen LogP contribution in [0.5, 0.6) is 0 Å². The van der Waals surface area contributed by atoms with Crippen LogP contribution in [-0.2, 0) is 0 Å². The molecule has 4 nitrogen and oxygen atoms in total. The van der Waals surface area contributed by atoms with Crippen LogP contribution in [0.2, 0.25) is 0 Å². The smallest absolute Gasteiger partial charge is 0.275 e. The van der Waals surface area contributed by atoms with Crippen LogP contribution < -0.4 is 4.90 Å². The Hall–Kier alpha value is -1.58. The minimum absolute atomic E-state index is 0.253. The maximum Gasteiger partial charge on any atom is 0.275 e. The van der Waals surface area contributed by atoms with Crippen LogP contribution in [-0.4, -0.2) is 18.0 Å². The van der Waals surface area contributed by atoms with Crippen molar-refractivity contribution in [2.45, 2.75) is 26.7 Å². The molecule has 0 amide bonds. The fourth-order valence-corrected chi connectivity index (χ4v) is 2.38. The van der Waals surface area contributed by atoms with Crippen molar-refractivity contribution in [3.8, 4) is 0 Å². The van der Waals surface area contributed by atoms with Gasteiger partial charge in [0.1, 0.15) is 0 Å². The van der Waals surface area contributed by atoms with E-state index in [1.807, 2.05) is 26.0 Å². The van der Waals surface area contributed by atoms with Gasteiger partial charge in [0.05, 0.1) is 4.92 Å². The predicted molar refractivity (Wildman–Crippen MR) is 64.0 cm³/mol.